The highest BCUT2D eigenvalue weighted by Crippen LogP contribution is 2.75. The monoisotopic (exact) mass is 479 g/mol. The third kappa shape index (κ3) is 2.89. The Kier molecular flexibility index (Phi) is 4.51. The predicted molar refractivity (Wildman–Crippen MR) is 127 cm³/mol. The smallest absolute Gasteiger partial charge is 0.294 e. The van der Waals surface area contributed by atoms with Gasteiger partial charge in [0.25, 0.3) is 17.6 Å². The van der Waals surface area contributed by atoms with E-state index in [-0.39, 0.29) is 23.3 Å². The minimum Gasteiger partial charge on any atom is -0.389 e. The van der Waals surface area contributed by atoms with Crippen molar-refractivity contribution in [1.29, 1.82) is 0 Å². The van der Waals surface area contributed by atoms with Crippen molar-refractivity contribution >= 4 is 23.3 Å². The molecule has 35 heavy (non-hydrogen) atoms. The average molecular weight is 480 g/mol. The zero-order valence-electron chi connectivity index (χ0n) is 20.4. The minimum atomic E-state index is -0.700. The van der Waals surface area contributed by atoms with Crippen LogP contribution in [0.3, 0.4) is 0 Å². The molecule has 4 fully saturated rings. The number of hydrogen-bond acceptors (Lipinski definition) is 4. The van der Waals surface area contributed by atoms with E-state index in [0.717, 1.165) is 19.3 Å². The van der Waals surface area contributed by atoms with Crippen LogP contribution in [0.25, 0.3) is 0 Å². The molecule has 8 heteroatoms. The molecule has 1 heterocycles. The lowest BCUT2D eigenvalue weighted by Gasteiger charge is -2.49. The Morgan fingerprint density at radius 1 is 1.11 bits per heavy atom. The van der Waals surface area contributed by atoms with Crippen LogP contribution in [0.1, 0.15) is 63.4 Å². The van der Waals surface area contributed by atoms with Crippen LogP contribution in [0, 0.1) is 50.3 Å². The molecule has 3 N–H and O–H groups in total. The van der Waals surface area contributed by atoms with Crippen molar-refractivity contribution in [2.45, 2.75) is 57.6 Å². The van der Waals surface area contributed by atoms with Gasteiger partial charge in [-0.05, 0) is 99.5 Å². The summed E-state index contributed by atoms with van der Waals surface area (Å²) < 4.78 is 15.2. The van der Waals surface area contributed by atoms with Crippen molar-refractivity contribution in [2.24, 2.45) is 30.7 Å². The Hall–Kier alpha value is -3.00. The number of aryl methyl sites for hydroxylation is 1. The maximum absolute atomic E-state index is 13.6. The summed E-state index contributed by atoms with van der Waals surface area (Å²) in [5.41, 5.74) is 1.15. The molecule has 184 valence electrons. The number of aliphatic hydroxyl groups is 1. The standard InChI is InChI=1S/C27H30FN3O4/c1-12-7-17(5-6-18(12)28)29-24(33)19-13(2)22(31(4)14(19)3)23(32)25(34)30-26-9-15-8-16-10-27(35,11-26)21(15)20(16)26/h5-7,15-16,20-21,35H,8-11H2,1-4H3,(H,29,33)(H,30,34). The van der Waals surface area contributed by atoms with Crippen molar-refractivity contribution in [1.82, 2.24) is 9.88 Å². The largest absolute Gasteiger partial charge is 0.389 e. The fraction of sp³-hybridized carbons (Fsp3) is 0.519. The lowest BCUT2D eigenvalue weighted by molar-refractivity contribution is -0.122. The topological polar surface area (TPSA) is 100 Å². The highest BCUT2D eigenvalue weighted by atomic mass is 19.1. The second kappa shape index (κ2) is 7.03. The van der Waals surface area contributed by atoms with E-state index in [0.29, 0.717) is 46.3 Å². The van der Waals surface area contributed by atoms with E-state index in [2.05, 4.69) is 10.6 Å². The summed E-state index contributed by atoms with van der Waals surface area (Å²) in [7, 11) is 1.67. The van der Waals surface area contributed by atoms with Crippen LogP contribution in [0.2, 0.25) is 0 Å². The molecule has 4 aliphatic carbocycles. The summed E-state index contributed by atoms with van der Waals surface area (Å²) in [5, 5.41) is 16.9. The molecule has 1 aromatic carbocycles. The van der Waals surface area contributed by atoms with Gasteiger partial charge >= 0.3 is 0 Å². The third-order valence-corrected chi connectivity index (χ3v) is 9.49. The van der Waals surface area contributed by atoms with Gasteiger partial charge in [-0.15, -0.1) is 0 Å². The van der Waals surface area contributed by atoms with Crippen molar-refractivity contribution in [3.63, 3.8) is 0 Å². The molecule has 4 saturated carbocycles. The molecule has 0 saturated heterocycles. The van der Waals surface area contributed by atoms with E-state index in [1.165, 1.54) is 12.1 Å². The normalized spacial score (nSPS) is 33.5. The van der Waals surface area contributed by atoms with Gasteiger partial charge in [0.15, 0.2) is 0 Å². The fourth-order valence-electron chi connectivity index (χ4n) is 8.50. The molecular formula is C27H30FN3O4. The second-order valence-electron chi connectivity index (χ2n) is 11.3. The maximum Gasteiger partial charge on any atom is 0.294 e. The van der Waals surface area contributed by atoms with E-state index >= 15 is 0 Å². The Bertz CT molecular complexity index is 1330. The van der Waals surface area contributed by atoms with Gasteiger partial charge in [-0.2, -0.15) is 0 Å². The van der Waals surface area contributed by atoms with Crippen molar-refractivity contribution in [3.8, 4) is 0 Å². The molecule has 7 nitrogen and oxygen atoms in total. The molecule has 6 unspecified atom stereocenters. The third-order valence-electron chi connectivity index (χ3n) is 9.49. The molecule has 6 bridgehead atoms. The highest BCUT2D eigenvalue weighted by molar-refractivity contribution is 6.43. The number of ketones is 1. The fourth-order valence-corrected chi connectivity index (χ4v) is 8.50. The lowest BCUT2D eigenvalue weighted by atomic mass is 9.63. The average Bonchev–Trinajstić information content (AvgIpc) is 3.49. The molecule has 6 atom stereocenters. The molecular weight excluding hydrogens is 449 g/mol. The number of rotatable bonds is 5. The zero-order chi connectivity index (χ0) is 25.0. The first-order valence-electron chi connectivity index (χ1n) is 12.3. The first-order valence-corrected chi connectivity index (χ1v) is 12.3. The van der Waals surface area contributed by atoms with Crippen LogP contribution < -0.4 is 10.6 Å². The van der Waals surface area contributed by atoms with Gasteiger partial charge < -0.3 is 20.3 Å². The molecule has 6 rings (SSSR count). The summed E-state index contributed by atoms with van der Waals surface area (Å²) in [4.78, 5) is 39.7. The number of nitrogens with zero attached hydrogens (tertiary/aromatic N) is 1. The van der Waals surface area contributed by atoms with Gasteiger partial charge in [0, 0.05) is 24.0 Å². The molecule has 0 spiro atoms. The Morgan fingerprint density at radius 3 is 2.46 bits per heavy atom. The number of benzene rings is 1. The van der Waals surface area contributed by atoms with Crippen LogP contribution in [0.5, 0.6) is 0 Å². The summed E-state index contributed by atoms with van der Waals surface area (Å²) in [6, 6.07) is 4.32. The van der Waals surface area contributed by atoms with Crippen LogP contribution in [-0.4, -0.2) is 38.4 Å². The number of carbonyl (C=O) groups excluding carboxylic acids is 3. The van der Waals surface area contributed by atoms with E-state index in [1.807, 2.05) is 0 Å². The number of hydrogen-bond donors (Lipinski definition) is 3. The Morgan fingerprint density at radius 2 is 1.83 bits per heavy atom. The van der Waals surface area contributed by atoms with E-state index in [4.69, 9.17) is 0 Å². The van der Waals surface area contributed by atoms with Crippen LogP contribution in [0.15, 0.2) is 18.2 Å². The summed E-state index contributed by atoms with van der Waals surface area (Å²) in [5.74, 6) is -0.777. The lowest BCUT2D eigenvalue weighted by Crippen LogP contribution is -2.59. The van der Waals surface area contributed by atoms with Gasteiger partial charge in [-0.1, -0.05) is 0 Å². The van der Waals surface area contributed by atoms with Crippen molar-refractivity contribution < 1.29 is 23.9 Å². The number of aromatic nitrogens is 1. The molecule has 0 radical (unpaired) electrons. The molecule has 2 aromatic rings. The summed E-state index contributed by atoms with van der Waals surface area (Å²) in [6.45, 7) is 5.01. The van der Waals surface area contributed by atoms with Crippen LogP contribution in [-0.2, 0) is 11.8 Å². The number of halogens is 1. The number of Topliss-reactive ketones (excluding diaryl/α,β-unsaturated/α-hetero) is 1. The van der Waals surface area contributed by atoms with Crippen LogP contribution >= 0.6 is 0 Å². The summed E-state index contributed by atoms with van der Waals surface area (Å²) >= 11 is 0. The molecule has 4 aliphatic rings. The Labute approximate surface area is 203 Å². The van der Waals surface area contributed by atoms with Crippen LogP contribution in [0.4, 0.5) is 10.1 Å². The van der Waals surface area contributed by atoms with Crippen molar-refractivity contribution in [2.75, 3.05) is 5.32 Å². The number of carbonyl (C=O) groups is 3. The second-order valence-corrected chi connectivity index (χ2v) is 11.3. The van der Waals surface area contributed by atoms with Gasteiger partial charge in [0.1, 0.15) is 5.82 Å². The molecule has 1 aromatic heterocycles. The highest BCUT2D eigenvalue weighted by Gasteiger charge is 2.78. The van der Waals surface area contributed by atoms with Crippen molar-refractivity contribution in [3.05, 3.63) is 52.1 Å². The van der Waals surface area contributed by atoms with E-state index < -0.39 is 28.7 Å². The predicted octanol–water partition coefficient (Wildman–Crippen LogP) is 3.19. The van der Waals surface area contributed by atoms with E-state index in [1.54, 1.807) is 38.5 Å². The molecule has 0 aliphatic heterocycles. The van der Waals surface area contributed by atoms with Gasteiger partial charge in [-0.3, -0.25) is 14.4 Å². The quantitative estimate of drug-likeness (QED) is 0.453. The van der Waals surface area contributed by atoms with Gasteiger partial charge in [-0.25, -0.2) is 4.39 Å². The van der Waals surface area contributed by atoms with Gasteiger partial charge in [0.05, 0.1) is 16.9 Å². The minimum absolute atomic E-state index is 0.179. The van der Waals surface area contributed by atoms with Gasteiger partial charge in [0.2, 0.25) is 0 Å². The Balaban J connectivity index is 1.25. The summed E-state index contributed by atoms with van der Waals surface area (Å²) in [6.07, 6.45) is 3.28. The number of nitrogens with one attached hydrogen (secondary N) is 2. The number of anilines is 1. The van der Waals surface area contributed by atoms with E-state index in [9.17, 15) is 23.9 Å². The first-order chi connectivity index (χ1) is 16.5. The zero-order valence-corrected chi connectivity index (χ0v) is 20.4. The maximum atomic E-state index is 13.6. The SMILES string of the molecule is Cc1cc(NC(=O)c2c(C)c(C(=O)C(=O)NC34CC5CC6CC(O)(C3)C5C64)n(C)c2C)ccc1F. The molecule has 2 amide bonds. The first kappa shape index (κ1) is 22.5. The number of amides is 2.